The van der Waals surface area contributed by atoms with Crippen LogP contribution in [0.1, 0.15) is 12.8 Å². The van der Waals surface area contributed by atoms with Gasteiger partial charge in [-0.2, -0.15) is 4.31 Å². The first-order valence-electron chi connectivity index (χ1n) is 6.41. The lowest BCUT2D eigenvalue weighted by molar-refractivity contribution is -0.130. The molecular weight excluding hydrogens is 344 g/mol. The third-order valence-electron chi connectivity index (χ3n) is 3.32. The zero-order valence-corrected chi connectivity index (χ0v) is 13.7. The molecule has 0 spiro atoms. The van der Waals surface area contributed by atoms with Gasteiger partial charge in [0.15, 0.2) is 0 Å². The minimum Gasteiger partial charge on any atom is -0.342 e. The van der Waals surface area contributed by atoms with Crippen LogP contribution in [0.3, 0.4) is 0 Å². The Bertz CT molecular complexity index is 597. The Kier molecular flexibility index (Phi) is 4.82. The summed E-state index contributed by atoms with van der Waals surface area (Å²) in [4.78, 5) is 13.9. The summed E-state index contributed by atoms with van der Waals surface area (Å²) in [6.45, 7) is 1.34. The highest BCUT2D eigenvalue weighted by Crippen LogP contribution is 2.19. The number of halogens is 1. The van der Waals surface area contributed by atoms with Crippen LogP contribution >= 0.6 is 15.9 Å². The van der Waals surface area contributed by atoms with E-state index in [1.165, 1.54) is 19.2 Å². The van der Waals surface area contributed by atoms with Gasteiger partial charge in [0, 0.05) is 24.6 Å². The average molecular weight is 361 g/mol. The predicted molar refractivity (Wildman–Crippen MR) is 79.8 cm³/mol. The van der Waals surface area contributed by atoms with Crippen molar-refractivity contribution in [2.45, 2.75) is 17.7 Å². The van der Waals surface area contributed by atoms with Gasteiger partial charge < -0.3 is 4.90 Å². The summed E-state index contributed by atoms with van der Waals surface area (Å²) < 4.78 is 26.5. The molecule has 0 aromatic heterocycles. The molecule has 1 aromatic rings. The van der Waals surface area contributed by atoms with Crippen molar-refractivity contribution in [3.05, 3.63) is 28.7 Å². The van der Waals surface area contributed by atoms with E-state index in [4.69, 9.17) is 0 Å². The SMILES string of the molecule is CN(CC(=O)N1CCCC1)S(=O)(=O)c1cccc(Br)c1. The van der Waals surface area contributed by atoms with Crippen molar-refractivity contribution in [2.24, 2.45) is 0 Å². The van der Waals surface area contributed by atoms with Crippen LogP contribution in [0.4, 0.5) is 0 Å². The molecule has 1 aliphatic heterocycles. The Morgan fingerprint density at radius 2 is 2.00 bits per heavy atom. The van der Waals surface area contributed by atoms with Crippen molar-refractivity contribution in [1.29, 1.82) is 0 Å². The zero-order valence-electron chi connectivity index (χ0n) is 11.3. The summed E-state index contributed by atoms with van der Waals surface area (Å²) in [5, 5.41) is 0. The van der Waals surface area contributed by atoms with E-state index in [0.29, 0.717) is 4.47 Å². The third-order valence-corrected chi connectivity index (χ3v) is 5.61. The van der Waals surface area contributed by atoms with Crippen molar-refractivity contribution in [3.63, 3.8) is 0 Å². The van der Waals surface area contributed by atoms with E-state index in [9.17, 15) is 13.2 Å². The molecule has 110 valence electrons. The third kappa shape index (κ3) is 3.39. The number of likely N-dealkylation sites (N-methyl/N-ethyl adjacent to an activating group) is 1. The predicted octanol–water partition coefficient (Wildman–Crippen LogP) is 1.69. The number of nitrogens with zero attached hydrogens (tertiary/aromatic N) is 2. The second kappa shape index (κ2) is 6.24. The van der Waals surface area contributed by atoms with E-state index >= 15 is 0 Å². The highest BCUT2D eigenvalue weighted by molar-refractivity contribution is 9.10. The fourth-order valence-corrected chi connectivity index (χ4v) is 3.87. The molecular formula is C13H17BrN2O3S. The fraction of sp³-hybridized carbons (Fsp3) is 0.462. The Labute approximate surface area is 127 Å². The molecule has 1 aromatic carbocycles. The normalized spacial score (nSPS) is 15.8. The Balaban J connectivity index is 2.11. The van der Waals surface area contributed by atoms with Gasteiger partial charge in [0.1, 0.15) is 0 Å². The monoisotopic (exact) mass is 360 g/mol. The molecule has 0 atom stereocenters. The second-order valence-electron chi connectivity index (χ2n) is 4.81. The van der Waals surface area contributed by atoms with Gasteiger partial charge in [-0.15, -0.1) is 0 Å². The minimum atomic E-state index is -3.63. The van der Waals surface area contributed by atoms with E-state index in [1.807, 2.05) is 0 Å². The van der Waals surface area contributed by atoms with E-state index in [2.05, 4.69) is 15.9 Å². The first-order chi connectivity index (χ1) is 9.41. The van der Waals surface area contributed by atoms with Crippen LogP contribution in [0.25, 0.3) is 0 Å². The minimum absolute atomic E-state index is 0.116. The van der Waals surface area contributed by atoms with Crippen molar-refractivity contribution < 1.29 is 13.2 Å². The number of benzene rings is 1. The molecule has 1 saturated heterocycles. The van der Waals surface area contributed by atoms with Gasteiger partial charge in [-0.25, -0.2) is 8.42 Å². The van der Waals surface area contributed by atoms with Crippen LogP contribution in [0.5, 0.6) is 0 Å². The van der Waals surface area contributed by atoms with Gasteiger partial charge in [-0.1, -0.05) is 22.0 Å². The summed E-state index contributed by atoms with van der Waals surface area (Å²) in [5.74, 6) is -0.136. The molecule has 1 aliphatic rings. The zero-order chi connectivity index (χ0) is 14.8. The molecule has 5 nitrogen and oxygen atoms in total. The number of amides is 1. The van der Waals surface area contributed by atoms with Crippen LogP contribution in [0.2, 0.25) is 0 Å². The number of hydrogen-bond donors (Lipinski definition) is 0. The van der Waals surface area contributed by atoms with Gasteiger partial charge >= 0.3 is 0 Å². The summed E-state index contributed by atoms with van der Waals surface area (Å²) in [6, 6.07) is 6.48. The van der Waals surface area contributed by atoms with Crippen LogP contribution in [-0.4, -0.2) is 50.2 Å². The smallest absolute Gasteiger partial charge is 0.243 e. The van der Waals surface area contributed by atoms with Gasteiger partial charge in [0.2, 0.25) is 15.9 Å². The molecule has 1 fully saturated rings. The summed E-state index contributed by atoms with van der Waals surface area (Å²) >= 11 is 3.25. The number of likely N-dealkylation sites (tertiary alicyclic amines) is 1. The molecule has 7 heteroatoms. The molecule has 0 saturated carbocycles. The summed E-state index contributed by atoms with van der Waals surface area (Å²) in [5.41, 5.74) is 0. The van der Waals surface area contributed by atoms with E-state index in [0.717, 1.165) is 30.2 Å². The quantitative estimate of drug-likeness (QED) is 0.820. The van der Waals surface area contributed by atoms with E-state index < -0.39 is 10.0 Å². The van der Waals surface area contributed by atoms with E-state index in [1.54, 1.807) is 17.0 Å². The fourth-order valence-electron chi connectivity index (χ4n) is 2.15. The van der Waals surface area contributed by atoms with Crippen LogP contribution in [0.15, 0.2) is 33.6 Å². The first kappa shape index (κ1) is 15.5. The topological polar surface area (TPSA) is 57.7 Å². The van der Waals surface area contributed by atoms with E-state index in [-0.39, 0.29) is 17.3 Å². The Hall–Kier alpha value is -0.920. The first-order valence-corrected chi connectivity index (χ1v) is 8.64. The Morgan fingerprint density at radius 3 is 2.60 bits per heavy atom. The van der Waals surface area contributed by atoms with Crippen LogP contribution in [0, 0.1) is 0 Å². The lowest BCUT2D eigenvalue weighted by atomic mass is 10.4. The van der Waals surface area contributed by atoms with Crippen molar-refractivity contribution in [3.8, 4) is 0 Å². The molecule has 0 radical (unpaired) electrons. The number of rotatable bonds is 4. The maximum atomic E-state index is 12.4. The standard InChI is InChI=1S/C13H17BrN2O3S/c1-15(10-13(17)16-7-2-3-8-16)20(18,19)12-6-4-5-11(14)9-12/h4-6,9H,2-3,7-8,10H2,1H3. The summed E-state index contributed by atoms with van der Waals surface area (Å²) in [7, 11) is -2.20. The largest absolute Gasteiger partial charge is 0.342 e. The van der Waals surface area contributed by atoms with Crippen molar-refractivity contribution in [2.75, 3.05) is 26.7 Å². The molecule has 0 N–H and O–H groups in total. The lowest BCUT2D eigenvalue weighted by Crippen LogP contribution is -2.39. The lowest BCUT2D eigenvalue weighted by Gasteiger charge is -2.21. The van der Waals surface area contributed by atoms with Gasteiger partial charge in [-0.3, -0.25) is 4.79 Å². The molecule has 0 aliphatic carbocycles. The molecule has 2 rings (SSSR count). The maximum Gasteiger partial charge on any atom is 0.243 e. The second-order valence-corrected chi connectivity index (χ2v) is 7.77. The molecule has 0 unspecified atom stereocenters. The Morgan fingerprint density at radius 1 is 1.35 bits per heavy atom. The number of sulfonamides is 1. The molecule has 1 heterocycles. The number of carbonyl (C=O) groups excluding carboxylic acids is 1. The molecule has 1 amide bonds. The van der Waals surface area contributed by atoms with Crippen molar-refractivity contribution >= 4 is 31.9 Å². The average Bonchev–Trinajstić information content (AvgIpc) is 2.92. The molecule has 0 bridgehead atoms. The van der Waals surface area contributed by atoms with Crippen LogP contribution < -0.4 is 0 Å². The summed E-state index contributed by atoms with van der Waals surface area (Å²) in [6.07, 6.45) is 1.99. The van der Waals surface area contributed by atoms with Gasteiger partial charge in [-0.05, 0) is 31.0 Å². The molecule has 20 heavy (non-hydrogen) atoms. The van der Waals surface area contributed by atoms with Crippen LogP contribution in [-0.2, 0) is 14.8 Å². The highest BCUT2D eigenvalue weighted by Gasteiger charge is 2.26. The number of hydrogen-bond acceptors (Lipinski definition) is 3. The van der Waals surface area contributed by atoms with Gasteiger partial charge in [0.05, 0.1) is 11.4 Å². The van der Waals surface area contributed by atoms with Crippen molar-refractivity contribution in [1.82, 2.24) is 9.21 Å². The highest BCUT2D eigenvalue weighted by atomic mass is 79.9. The number of carbonyl (C=O) groups is 1. The maximum absolute atomic E-state index is 12.4. The van der Waals surface area contributed by atoms with Gasteiger partial charge in [0.25, 0.3) is 0 Å².